The lowest BCUT2D eigenvalue weighted by Crippen LogP contribution is -2.25. The average molecular weight is 600 g/mol. The quantitative estimate of drug-likeness (QED) is 0.164. The standard InChI is InChI=1S/C34H31ClFN3O4/c1-41-34(40)24-13-15-30-31(18-24)39(20-27-5-2-3-16-42-27)32(37-30)17-22-8-10-23(11-9-22)29-6-4-7-33(38-29)43-21-25-12-14-26(35)19-28(25)36/h4,6-15,18-19,27H,2-3,5,16-17,20-21H2,1H3. The molecule has 3 aromatic carbocycles. The highest BCUT2D eigenvalue weighted by molar-refractivity contribution is 6.30. The summed E-state index contributed by atoms with van der Waals surface area (Å²) in [4.78, 5) is 21.8. The summed E-state index contributed by atoms with van der Waals surface area (Å²) in [6.45, 7) is 1.48. The maximum absolute atomic E-state index is 14.1. The molecule has 6 rings (SSSR count). The summed E-state index contributed by atoms with van der Waals surface area (Å²) < 4.78 is 33.1. The van der Waals surface area contributed by atoms with Crippen LogP contribution in [0.3, 0.4) is 0 Å². The lowest BCUT2D eigenvalue weighted by molar-refractivity contribution is 0.00623. The van der Waals surface area contributed by atoms with Crippen molar-refractivity contribution in [3.8, 4) is 17.1 Å². The highest BCUT2D eigenvalue weighted by Crippen LogP contribution is 2.26. The molecular formula is C34H31ClFN3O4. The molecule has 9 heteroatoms. The van der Waals surface area contributed by atoms with Gasteiger partial charge in [0.15, 0.2) is 0 Å². The smallest absolute Gasteiger partial charge is 0.337 e. The molecule has 7 nitrogen and oxygen atoms in total. The van der Waals surface area contributed by atoms with Crippen molar-refractivity contribution in [2.45, 2.75) is 44.9 Å². The third kappa shape index (κ3) is 6.71. The van der Waals surface area contributed by atoms with Crippen molar-refractivity contribution < 1.29 is 23.4 Å². The number of pyridine rings is 1. The fourth-order valence-electron chi connectivity index (χ4n) is 5.33. The largest absolute Gasteiger partial charge is 0.473 e. The second-order valence-corrected chi connectivity index (χ2v) is 11.0. The van der Waals surface area contributed by atoms with E-state index in [1.165, 1.54) is 13.2 Å². The molecule has 0 bridgehead atoms. The number of halogens is 2. The molecule has 1 aliphatic heterocycles. The molecule has 1 saturated heterocycles. The lowest BCUT2D eigenvalue weighted by atomic mass is 10.1. The first-order chi connectivity index (χ1) is 21.0. The maximum Gasteiger partial charge on any atom is 0.337 e. The van der Waals surface area contributed by atoms with Crippen molar-refractivity contribution >= 4 is 28.6 Å². The van der Waals surface area contributed by atoms with Gasteiger partial charge in [-0.3, -0.25) is 0 Å². The second kappa shape index (κ2) is 12.9. The highest BCUT2D eigenvalue weighted by Gasteiger charge is 2.20. The summed E-state index contributed by atoms with van der Waals surface area (Å²) in [6.07, 6.45) is 3.93. The minimum Gasteiger partial charge on any atom is -0.473 e. The predicted octanol–water partition coefficient (Wildman–Crippen LogP) is 7.42. The van der Waals surface area contributed by atoms with E-state index in [0.717, 1.165) is 59.5 Å². The summed E-state index contributed by atoms with van der Waals surface area (Å²) in [5.41, 5.74) is 5.38. The molecule has 3 heterocycles. The Morgan fingerprint density at radius 2 is 1.91 bits per heavy atom. The van der Waals surface area contributed by atoms with Crippen molar-refractivity contribution in [3.05, 3.63) is 112 Å². The van der Waals surface area contributed by atoms with Crippen molar-refractivity contribution in [3.63, 3.8) is 0 Å². The van der Waals surface area contributed by atoms with Crippen LogP contribution in [0.25, 0.3) is 22.3 Å². The van der Waals surface area contributed by atoms with Crippen LogP contribution in [0.1, 0.15) is 46.6 Å². The first kappa shape index (κ1) is 28.8. The average Bonchev–Trinajstić information content (AvgIpc) is 3.36. The molecule has 43 heavy (non-hydrogen) atoms. The van der Waals surface area contributed by atoms with E-state index in [1.54, 1.807) is 24.3 Å². The van der Waals surface area contributed by atoms with Crippen LogP contribution in [0.15, 0.2) is 78.9 Å². The van der Waals surface area contributed by atoms with E-state index < -0.39 is 5.82 Å². The number of methoxy groups -OCH3 is 1. The monoisotopic (exact) mass is 599 g/mol. The van der Waals surface area contributed by atoms with Gasteiger partial charge in [-0.2, -0.15) is 0 Å². The van der Waals surface area contributed by atoms with Gasteiger partial charge in [-0.15, -0.1) is 0 Å². The molecule has 5 aromatic rings. The van der Waals surface area contributed by atoms with Crippen LogP contribution >= 0.6 is 11.6 Å². The van der Waals surface area contributed by atoms with Crippen LogP contribution in [0, 0.1) is 5.82 Å². The third-order valence-corrected chi connectivity index (χ3v) is 7.87. The molecule has 0 saturated carbocycles. The van der Waals surface area contributed by atoms with Gasteiger partial charge in [0.25, 0.3) is 0 Å². The molecule has 1 atom stereocenters. The number of ether oxygens (including phenoxy) is 3. The summed E-state index contributed by atoms with van der Waals surface area (Å²) >= 11 is 5.85. The molecule has 1 aliphatic rings. The Bertz CT molecular complexity index is 1750. The number of fused-ring (bicyclic) bond motifs is 1. The summed E-state index contributed by atoms with van der Waals surface area (Å²) in [7, 11) is 1.39. The first-order valence-corrected chi connectivity index (χ1v) is 14.7. The molecular weight excluding hydrogens is 569 g/mol. The van der Waals surface area contributed by atoms with E-state index in [-0.39, 0.29) is 18.7 Å². The van der Waals surface area contributed by atoms with E-state index in [1.807, 2.05) is 36.4 Å². The lowest BCUT2D eigenvalue weighted by Gasteiger charge is -2.24. The molecule has 1 fully saturated rings. The number of carbonyl (C=O) groups excluding carboxylic acids is 1. The van der Waals surface area contributed by atoms with Gasteiger partial charge in [0.05, 0.1) is 42.0 Å². The van der Waals surface area contributed by atoms with Crippen molar-refractivity contribution in [2.24, 2.45) is 0 Å². The van der Waals surface area contributed by atoms with Gasteiger partial charge in [0.2, 0.25) is 5.88 Å². The molecule has 220 valence electrons. The predicted molar refractivity (Wildman–Crippen MR) is 163 cm³/mol. The molecule has 0 N–H and O–H groups in total. The van der Waals surface area contributed by atoms with Crippen molar-refractivity contribution in [2.75, 3.05) is 13.7 Å². The van der Waals surface area contributed by atoms with Crippen LogP contribution in [0.5, 0.6) is 5.88 Å². The van der Waals surface area contributed by atoms with Crippen LogP contribution in [0.4, 0.5) is 4.39 Å². The number of esters is 1. The van der Waals surface area contributed by atoms with Gasteiger partial charge in [-0.05, 0) is 61.2 Å². The molecule has 0 amide bonds. The molecule has 0 spiro atoms. The second-order valence-electron chi connectivity index (χ2n) is 10.6. The van der Waals surface area contributed by atoms with E-state index in [4.69, 9.17) is 30.8 Å². The minimum atomic E-state index is -0.414. The van der Waals surface area contributed by atoms with E-state index in [0.29, 0.717) is 35.0 Å². The van der Waals surface area contributed by atoms with Gasteiger partial charge in [-0.25, -0.2) is 19.2 Å². The molecule has 0 radical (unpaired) electrons. The van der Waals surface area contributed by atoms with Gasteiger partial charge >= 0.3 is 5.97 Å². The summed E-state index contributed by atoms with van der Waals surface area (Å²) in [6, 6.07) is 23.7. The number of aromatic nitrogens is 3. The molecule has 1 unspecified atom stereocenters. The zero-order valence-corrected chi connectivity index (χ0v) is 24.5. The Morgan fingerprint density at radius 3 is 2.67 bits per heavy atom. The van der Waals surface area contributed by atoms with E-state index in [2.05, 4.69) is 21.7 Å². The van der Waals surface area contributed by atoms with Crippen LogP contribution < -0.4 is 4.74 Å². The number of hydrogen-bond acceptors (Lipinski definition) is 6. The van der Waals surface area contributed by atoms with E-state index in [9.17, 15) is 9.18 Å². The van der Waals surface area contributed by atoms with Crippen molar-refractivity contribution in [1.29, 1.82) is 0 Å². The SMILES string of the molecule is COC(=O)c1ccc2nc(Cc3ccc(-c4cccc(OCc5ccc(Cl)cc5F)n4)cc3)n(CC3CCCCO3)c2c1. The normalized spacial score (nSPS) is 15.0. The Balaban J connectivity index is 1.21. The number of benzene rings is 3. The number of hydrogen-bond donors (Lipinski definition) is 0. The van der Waals surface area contributed by atoms with E-state index >= 15 is 0 Å². The zero-order chi connectivity index (χ0) is 29.8. The van der Waals surface area contributed by atoms with Crippen LogP contribution in [-0.4, -0.2) is 40.3 Å². The minimum absolute atomic E-state index is 0.0480. The van der Waals surface area contributed by atoms with Gasteiger partial charge in [-0.1, -0.05) is 48.0 Å². The first-order valence-electron chi connectivity index (χ1n) is 14.3. The Morgan fingerprint density at radius 1 is 1.05 bits per heavy atom. The molecule has 2 aromatic heterocycles. The fourth-order valence-corrected chi connectivity index (χ4v) is 5.49. The maximum atomic E-state index is 14.1. The van der Waals surface area contributed by atoms with Gasteiger partial charge in [0, 0.05) is 35.2 Å². The number of nitrogens with zero attached hydrogens (tertiary/aromatic N) is 3. The summed E-state index contributed by atoms with van der Waals surface area (Å²) in [5, 5.41) is 0.341. The summed E-state index contributed by atoms with van der Waals surface area (Å²) in [5.74, 6) is 0.520. The zero-order valence-electron chi connectivity index (χ0n) is 23.8. The fraction of sp³-hybridized carbons (Fsp3) is 0.265. The number of rotatable bonds is 9. The van der Waals surface area contributed by atoms with Crippen molar-refractivity contribution in [1.82, 2.24) is 14.5 Å². The Hall–Kier alpha value is -4.27. The highest BCUT2D eigenvalue weighted by atomic mass is 35.5. The topological polar surface area (TPSA) is 75.5 Å². The number of imidazole rings is 1. The van der Waals surface area contributed by atoms with Crippen LogP contribution in [-0.2, 0) is 29.0 Å². The third-order valence-electron chi connectivity index (χ3n) is 7.63. The Labute approximate surface area is 254 Å². The number of carbonyl (C=O) groups is 1. The van der Waals surface area contributed by atoms with Crippen LogP contribution in [0.2, 0.25) is 5.02 Å². The van der Waals surface area contributed by atoms with Gasteiger partial charge < -0.3 is 18.8 Å². The molecule has 0 aliphatic carbocycles. The van der Waals surface area contributed by atoms with Gasteiger partial charge in [0.1, 0.15) is 18.2 Å². The Kier molecular flexibility index (Phi) is 8.67.